The Morgan fingerprint density at radius 2 is 1.35 bits per heavy atom. The second-order valence-electron chi connectivity index (χ2n) is 11.9. The number of nitrogens with zero attached hydrogens (tertiary/aromatic N) is 4. The lowest BCUT2D eigenvalue weighted by Crippen LogP contribution is -2.33. The van der Waals surface area contributed by atoms with Crippen LogP contribution in [-0.2, 0) is 28.6 Å². The molecule has 0 radical (unpaired) electrons. The summed E-state index contributed by atoms with van der Waals surface area (Å²) in [5, 5.41) is 0. The van der Waals surface area contributed by atoms with Crippen molar-refractivity contribution in [2.24, 2.45) is 0 Å². The fraction of sp³-hybridized carbons (Fsp3) is 0.361. The van der Waals surface area contributed by atoms with E-state index in [2.05, 4.69) is 46.9 Å². The number of benzene rings is 3. The van der Waals surface area contributed by atoms with E-state index in [0.29, 0.717) is 22.8 Å². The van der Waals surface area contributed by atoms with Crippen LogP contribution >= 0.6 is 7.60 Å². The molecule has 0 saturated carbocycles. The second-order valence-corrected chi connectivity index (χ2v) is 13.8. The van der Waals surface area contributed by atoms with Crippen molar-refractivity contribution in [2.45, 2.75) is 57.8 Å². The molecule has 0 aliphatic carbocycles. The number of aromatic nitrogens is 4. The number of anilines is 1. The predicted octanol–water partition coefficient (Wildman–Crippen LogP) is 8.10. The van der Waals surface area contributed by atoms with E-state index in [-0.39, 0.29) is 31.6 Å². The number of ether oxygens (including phenoxy) is 1. The zero-order valence-electron chi connectivity index (χ0n) is 28.0. The Kier molecular flexibility index (Phi) is 11.7. The van der Waals surface area contributed by atoms with Gasteiger partial charge in [0.15, 0.2) is 22.8 Å². The molecule has 254 valence electrons. The van der Waals surface area contributed by atoms with Gasteiger partial charge in [-0.05, 0) is 50.8 Å². The number of alkyl halides is 1. The van der Waals surface area contributed by atoms with E-state index in [1.807, 2.05) is 54.6 Å². The number of imidazole rings is 1. The molecule has 0 aliphatic rings. The van der Waals surface area contributed by atoms with Crippen molar-refractivity contribution in [1.82, 2.24) is 19.5 Å². The maximum atomic E-state index is 14.8. The van der Waals surface area contributed by atoms with Crippen molar-refractivity contribution in [2.75, 3.05) is 32.2 Å². The van der Waals surface area contributed by atoms with Gasteiger partial charge in [-0.1, -0.05) is 91.0 Å². The van der Waals surface area contributed by atoms with Crippen LogP contribution in [0.5, 0.6) is 0 Å². The molecule has 0 saturated heterocycles. The highest BCUT2D eigenvalue weighted by Crippen LogP contribution is 2.50. The van der Waals surface area contributed by atoms with Gasteiger partial charge in [-0.3, -0.25) is 9.40 Å². The minimum Gasteiger partial charge on any atom is -0.369 e. The van der Waals surface area contributed by atoms with Crippen molar-refractivity contribution in [3.05, 3.63) is 120 Å². The van der Waals surface area contributed by atoms with Crippen LogP contribution < -0.4 is 5.48 Å². The van der Waals surface area contributed by atoms with E-state index in [4.69, 9.17) is 28.6 Å². The predicted molar refractivity (Wildman–Crippen MR) is 185 cm³/mol. The monoisotopic (exact) mass is 675 g/mol. The summed E-state index contributed by atoms with van der Waals surface area (Å²) in [5.41, 5.74) is 5.61. The topological polar surface area (TPSA) is 110 Å². The molecule has 1 atom stereocenters. The molecule has 2 aromatic heterocycles. The quantitative estimate of drug-likeness (QED) is 0.0453. The zero-order valence-corrected chi connectivity index (χ0v) is 28.8. The third-order valence-corrected chi connectivity index (χ3v) is 9.72. The zero-order chi connectivity index (χ0) is 34.1. The molecule has 5 aromatic rings. The fourth-order valence-electron chi connectivity index (χ4n) is 5.89. The number of nitrogens with one attached hydrogen (secondary N) is 1. The molecule has 0 spiro atoms. The van der Waals surface area contributed by atoms with Crippen molar-refractivity contribution >= 4 is 24.6 Å². The Bertz CT molecular complexity index is 1680. The maximum absolute atomic E-state index is 14.8. The molecule has 3 aromatic carbocycles. The lowest BCUT2D eigenvalue weighted by Gasteiger charge is -2.34. The SMILES string of the molecule is CONc1nc(C(c2ccccc2)(c2ccccc2)c2ccccc2)nc2c1ncn2C(CF)CCOCP(=O)(OC(C)C)OC(C)C. The highest BCUT2D eigenvalue weighted by atomic mass is 31.2. The number of hydrogen-bond donors (Lipinski definition) is 1. The van der Waals surface area contributed by atoms with E-state index in [1.165, 1.54) is 7.11 Å². The highest BCUT2D eigenvalue weighted by Gasteiger charge is 2.42. The first-order valence-electron chi connectivity index (χ1n) is 16.0. The van der Waals surface area contributed by atoms with E-state index in [0.717, 1.165) is 16.7 Å². The minimum atomic E-state index is -3.50. The Balaban J connectivity index is 1.60. The lowest BCUT2D eigenvalue weighted by molar-refractivity contribution is 0.0927. The number of rotatable bonds is 17. The molecule has 10 nitrogen and oxygen atoms in total. The van der Waals surface area contributed by atoms with Crippen LogP contribution in [0.15, 0.2) is 97.3 Å². The third-order valence-electron chi connectivity index (χ3n) is 7.74. The van der Waals surface area contributed by atoms with Crippen LogP contribution in [0.4, 0.5) is 10.2 Å². The Morgan fingerprint density at radius 1 is 0.833 bits per heavy atom. The van der Waals surface area contributed by atoms with Crippen LogP contribution in [0, 0.1) is 0 Å². The average molecular weight is 676 g/mol. The summed E-state index contributed by atoms with van der Waals surface area (Å²) < 4.78 is 46.7. The number of hydrogen-bond acceptors (Lipinski definition) is 9. The van der Waals surface area contributed by atoms with Gasteiger partial charge in [0.1, 0.15) is 18.4 Å². The van der Waals surface area contributed by atoms with Gasteiger partial charge in [0, 0.05) is 6.61 Å². The molecule has 1 unspecified atom stereocenters. The minimum absolute atomic E-state index is 0.101. The number of halogens is 1. The maximum Gasteiger partial charge on any atom is 0.356 e. The fourth-order valence-corrected chi connectivity index (χ4v) is 7.69. The molecule has 1 N–H and O–H groups in total. The van der Waals surface area contributed by atoms with Gasteiger partial charge < -0.3 is 18.4 Å². The normalized spacial score (nSPS) is 13.0. The molecule has 12 heteroatoms. The van der Waals surface area contributed by atoms with E-state index < -0.39 is 25.7 Å². The molecular weight excluding hydrogens is 632 g/mol. The summed E-state index contributed by atoms with van der Waals surface area (Å²) >= 11 is 0. The highest BCUT2D eigenvalue weighted by molar-refractivity contribution is 7.53. The summed E-state index contributed by atoms with van der Waals surface area (Å²) in [7, 11) is -2.01. The van der Waals surface area contributed by atoms with Gasteiger partial charge in [-0.2, -0.15) is 0 Å². The lowest BCUT2D eigenvalue weighted by atomic mass is 9.68. The average Bonchev–Trinajstić information content (AvgIpc) is 3.50. The van der Waals surface area contributed by atoms with E-state index >= 15 is 0 Å². The molecule has 0 fully saturated rings. The van der Waals surface area contributed by atoms with Crippen LogP contribution in [-0.4, -0.2) is 58.5 Å². The van der Waals surface area contributed by atoms with Crippen molar-refractivity contribution < 1.29 is 27.6 Å². The summed E-state index contributed by atoms with van der Waals surface area (Å²) in [5.74, 6) is 0.793. The summed E-state index contributed by atoms with van der Waals surface area (Å²) in [6.07, 6.45) is 0.937. The third kappa shape index (κ3) is 7.66. The van der Waals surface area contributed by atoms with Gasteiger partial charge in [0.25, 0.3) is 0 Å². The number of fused-ring (bicyclic) bond motifs is 1. The Hall–Kier alpha value is -3.99. The van der Waals surface area contributed by atoms with Gasteiger partial charge >= 0.3 is 7.60 Å². The Morgan fingerprint density at radius 3 is 1.81 bits per heavy atom. The molecule has 0 aliphatic heterocycles. The van der Waals surface area contributed by atoms with Gasteiger partial charge in [-0.15, -0.1) is 0 Å². The standard InChI is InChI=1S/C36H43FN5O5P/c1-26(2)46-48(43,47-27(3)4)25-45-22-21-31(23-37)42-24-38-32-33(41-44-5)39-35(40-34(32)42)36(28-15-9-6-10-16-28,29-17-11-7-12-18-29)30-19-13-8-14-20-30/h6-20,24,26-27,31H,21-23,25H2,1-5H3,(H,39,40,41). The summed E-state index contributed by atoms with van der Waals surface area (Å²) in [6.45, 7) is 6.51. The van der Waals surface area contributed by atoms with Crippen molar-refractivity contribution in [3.63, 3.8) is 0 Å². The van der Waals surface area contributed by atoms with Gasteiger partial charge in [0.05, 0.1) is 31.7 Å². The van der Waals surface area contributed by atoms with Gasteiger partial charge in [0.2, 0.25) is 0 Å². The van der Waals surface area contributed by atoms with Crippen molar-refractivity contribution in [3.8, 4) is 0 Å². The largest absolute Gasteiger partial charge is 0.369 e. The van der Waals surface area contributed by atoms with Crippen molar-refractivity contribution in [1.29, 1.82) is 0 Å². The first-order valence-corrected chi connectivity index (χ1v) is 17.7. The second kappa shape index (κ2) is 15.9. The first-order chi connectivity index (χ1) is 23.2. The van der Waals surface area contributed by atoms with Crippen LogP contribution in [0.25, 0.3) is 11.2 Å². The Labute approximate surface area is 281 Å². The smallest absolute Gasteiger partial charge is 0.356 e. The van der Waals surface area contributed by atoms with Crippen LogP contribution in [0.2, 0.25) is 0 Å². The van der Waals surface area contributed by atoms with E-state index in [9.17, 15) is 8.96 Å². The van der Waals surface area contributed by atoms with E-state index in [1.54, 1.807) is 38.6 Å². The molecule has 2 heterocycles. The molecule has 0 bridgehead atoms. The summed E-state index contributed by atoms with van der Waals surface area (Å²) in [4.78, 5) is 20.2. The molecule has 5 rings (SSSR count). The van der Waals surface area contributed by atoms with Crippen LogP contribution in [0.1, 0.15) is 62.7 Å². The first kappa shape index (κ1) is 35.3. The van der Waals surface area contributed by atoms with Crippen LogP contribution in [0.3, 0.4) is 0 Å². The summed E-state index contributed by atoms with van der Waals surface area (Å²) in [6, 6.07) is 29.5. The van der Waals surface area contributed by atoms with Gasteiger partial charge in [-0.25, -0.2) is 24.8 Å². The molecule has 48 heavy (non-hydrogen) atoms. The molecule has 0 amide bonds. The molecular formula is C36H43FN5O5P.